The first-order valence-electron chi connectivity index (χ1n) is 7.72. The standard InChI is InChI=1S/C19H16O3S/c20-13-6-4-12(5-7-13)18(22)19-17(11-2-1-3-11)15-9-8-14(21)10-16(15)23-19/h4-11,20-21H,1-3H2. The van der Waals surface area contributed by atoms with Gasteiger partial charge in [0.15, 0.2) is 0 Å². The van der Waals surface area contributed by atoms with Crippen LogP contribution in [0.3, 0.4) is 0 Å². The molecule has 1 fully saturated rings. The van der Waals surface area contributed by atoms with E-state index in [-0.39, 0.29) is 17.3 Å². The minimum atomic E-state index is -0.00686. The van der Waals surface area contributed by atoms with Gasteiger partial charge in [0.25, 0.3) is 0 Å². The van der Waals surface area contributed by atoms with Crippen LogP contribution in [0.4, 0.5) is 0 Å². The summed E-state index contributed by atoms with van der Waals surface area (Å²) < 4.78 is 0.953. The van der Waals surface area contributed by atoms with Crippen LogP contribution in [0.1, 0.15) is 46.0 Å². The molecule has 0 spiro atoms. The molecule has 1 aromatic heterocycles. The number of benzene rings is 2. The van der Waals surface area contributed by atoms with E-state index in [1.165, 1.54) is 29.9 Å². The molecule has 1 heterocycles. The maximum atomic E-state index is 12.9. The molecule has 0 radical (unpaired) electrons. The first-order chi connectivity index (χ1) is 11.1. The number of thiophene rings is 1. The second-order valence-corrected chi connectivity index (χ2v) is 7.08. The van der Waals surface area contributed by atoms with Crippen LogP contribution >= 0.6 is 11.3 Å². The first-order valence-corrected chi connectivity index (χ1v) is 8.54. The Morgan fingerprint density at radius 1 is 1.00 bits per heavy atom. The van der Waals surface area contributed by atoms with E-state index < -0.39 is 0 Å². The van der Waals surface area contributed by atoms with E-state index in [4.69, 9.17) is 0 Å². The molecule has 4 rings (SSSR count). The normalized spacial score (nSPS) is 14.8. The number of hydrogen-bond donors (Lipinski definition) is 2. The fraction of sp³-hybridized carbons (Fsp3) is 0.211. The van der Waals surface area contributed by atoms with Crippen LogP contribution in [0.15, 0.2) is 42.5 Å². The van der Waals surface area contributed by atoms with E-state index in [0.29, 0.717) is 11.5 Å². The molecule has 3 nitrogen and oxygen atoms in total. The largest absolute Gasteiger partial charge is 0.508 e. The summed E-state index contributed by atoms with van der Waals surface area (Å²) in [5.41, 5.74) is 1.72. The highest BCUT2D eigenvalue weighted by Gasteiger charge is 2.29. The SMILES string of the molecule is O=C(c1ccc(O)cc1)c1sc2cc(O)ccc2c1C1CCC1. The fourth-order valence-electron chi connectivity index (χ4n) is 3.12. The number of phenols is 2. The maximum absolute atomic E-state index is 12.9. The molecule has 23 heavy (non-hydrogen) atoms. The van der Waals surface area contributed by atoms with Gasteiger partial charge in [-0.25, -0.2) is 0 Å². The van der Waals surface area contributed by atoms with Gasteiger partial charge in [0, 0.05) is 10.3 Å². The van der Waals surface area contributed by atoms with E-state index in [2.05, 4.69) is 0 Å². The summed E-state index contributed by atoms with van der Waals surface area (Å²) in [6.07, 6.45) is 3.43. The second kappa shape index (κ2) is 5.39. The smallest absolute Gasteiger partial charge is 0.203 e. The zero-order valence-electron chi connectivity index (χ0n) is 12.5. The Bertz CT molecular complexity index is 889. The number of carbonyl (C=O) groups excluding carboxylic acids is 1. The van der Waals surface area contributed by atoms with Gasteiger partial charge in [-0.15, -0.1) is 11.3 Å². The summed E-state index contributed by atoms with van der Waals surface area (Å²) in [6, 6.07) is 11.7. The van der Waals surface area contributed by atoms with Crippen LogP contribution in [0.25, 0.3) is 10.1 Å². The Morgan fingerprint density at radius 3 is 2.35 bits per heavy atom. The Hall–Kier alpha value is -2.33. The van der Waals surface area contributed by atoms with Gasteiger partial charge in [-0.05, 0) is 72.2 Å². The van der Waals surface area contributed by atoms with Gasteiger partial charge < -0.3 is 10.2 Å². The quantitative estimate of drug-likeness (QED) is 0.680. The Balaban J connectivity index is 1.87. The summed E-state index contributed by atoms with van der Waals surface area (Å²) in [4.78, 5) is 13.7. The highest BCUT2D eigenvalue weighted by atomic mass is 32.1. The molecule has 1 saturated carbocycles. The van der Waals surface area contributed by atoms with Crippen LogP contribution < -0.4 is 0 Å². The number of rotatable bonds is 3. The number of hydrogen-bond acceptors (Lipinski definition) is 4. The molecule has 2 N–H and O–H groups in total. The summed E-state index contributed by atoms with van der Waals surface area (Å²) in [7, 11) is 0. The minimum Gasteiger partial charge on any atom is -0.508 e. The van der Waals surface area contributed by atoms with Crippen LogP contribution in [0, 0.1) is 0 Å². The van der Waals surface area contributed by atoms with Crippen LogP contribution in [0.5, 0.6) is 11.5 Å². The van der Waals surface area contributed by atoms with Crippen molar-refractivity contribution in [1.29, 1.82) is 0 Å². The van der Waals surface area contributed by atoms with Gasteiger partial charge >= 0.3 is 0 Å². The molecular weight excluding hydrogens is 308 g/mol. The highest BCUT2D eigenvalue weighted by molar-refractivity contribution is 7.21. The van der Waals surface area contributed by atoms with E-state index in [1.807, 2.05) is 6.07 Å². The summed E-state index contributed by atoms with van der Waals surface area (Å²) in [5, 5.41) is 20.2. The third kappa shape index (κ3) is 2.39. The second-order valence-electron chi connectivity index (χ2n) is 6.03. The molecule has 3 aromatic rings. The van der Waals surface area contributed by atoms with Crippen molar-refractivity contribution in [2.75, 3.05) is 0 Å². The summed E-state index contributed by atoms with van der Waals surface area (Å²) >= 11 is 1.45. The van der Waals surface area contributed by atoms with Crippen molar-refractivity contribution < 1.29 is 15.0 Å². The average Bonchev–Trinajstić information content (AvgIpc) is 2.84. The van der Waals surface area contributed by atoms with Gasteiger partial charge in [0.05, 0.1) is 4.88 Å². The van der Waals surface area contributed by atoms with Crippen molar-refractivity contribution in [3.05, 3.63) is 58.5 Å². The van der Waals surface area contributed by atoms with Crippen molar-refractivity contribution in [3.63, 3.8) is 0 Å². The van der Waals surface area contributed by atoms with Gasteiger partial charge in [0.1, 0.15) is 11.5 Å². The minimum absolute atomic E-state index is 0.00686. The van der Waals surface area contributed by atoms with Crippen LogP contribution in [-0.4, -0.2) is 16.0 Å². The number of fused-ring (bicyclic) bond motifs is 1. The predicted molar refractivity (Wildman–Crippen MR) is 91.6 cm³/mol. The Kier molecular flexibility index (Phi) is 3.34. The number of carbonyl (C=O) groups is 1. The molecule has 0 amide bonds. The lowest BCUT2D eigenvalue weighted by molar-refractivity contribution is 0.104. The lowest BCUT2D eigenvalue weighted by Gasteiger charge is -2.26. The first kappa shape index (κ1) is 14.3. The average molecular weight is 324 g/mol. The Labute approximate surface area is 137 Å². The highest BCUT2D eigenvalue weighted by Crippen LogP contribution is 2.46. The monoisotopic (exact) mass is 324 g/mol. The summed E-state index contributed by atoms with van der Waals surface area (Å²) in [5.74, 6) is 0.807. The zero-order chi connectivity index (χ0) is 16.0. The molecule has 0 unspecified atom stereocenters. The third-order valence-corrected chi connectivity index (χ3v) is 5.73. The van der Waals surface area contributed by atoms with Gasteiger partial charge in [-0.1, -0.05) is 6.42 Å². The van der Waals surface area contributed by atoms with Crippen molar-refractivity contribution in [1.82, 2.24) is 0 Å². The van der Waals surface area contributed by atoms with E-state index in [1.54, 1.807) is 24.3 Å². The molecular formula is C19H16O3S. The molecule has 1 aliphatic carbocycles. The molecule has 4 heteroatoms. The van der Waals surface area contributed by atoms with E-state index >= 15 is 0 Å². The van der Waals surface area contributed by atoms with Crippen molar-refractivity contribution in [2.24, 2.45) is 0 Å². The van der Waals surface area contributed by atoms with Gasteiger partial charge in [-0.3, -0.25) is 4.79 Å². The zero-order valence-corrected chi connectivity index (χ0v) is 13.3. The molecule has 0 aliphatic heterocycles. The van der Waals surface area contributed by atoms with Crippen molar-refractivity contribution in [2.45, 2.75) is 25.2 Å². The van der Waals surface area contributed by atoms with E-state index in [9.17, 15) is 15.0 Å². The predicted octanol–water partition coefficient (Wildman–Crippen LogP) is 4.81. The van der Waals surface area contributed by atoms with Crippen LogP contribution in [-0.2, 0) is 0 Å². The fourth-order valence-corrected chi connectivity index (χ4v) is 4.40. The lowest BCUT2D eigenvalue weighted by Crippen LogP contribution is -2.12. The van der Waals surface area contributed by atoms with Crippen molar-refractivity contribution >= 4 is 27.2 Å². The Morgan fingerprint density at radius 2 is 1.70 bits per heavy atom. The lowest BCUT2D eigenvalue weighted by atomic mass is 9.78. The van der Waals surface area contributed by atoms with Crippen LogP contribution in [0.2, 0.25) is 0 Å². The van der Waals surface area contributed by atoms with Gasteiger partial charge in [0.2, 0.25) is 5.78 Å². The maximum Gasteiger partial charge on any atom is 0.203 e. The van der Waals surface area contributed by atoms with E-state index in [0.717, 1.165) is 33.4 Å². The molecule has 2 aromatic carbocycles. The number of aromatic hydroxyl groups is 2. The topological polar surface area (TPSA) is 57.5 Å². The molecule has 0 bridgehead atoms. The van der Waals surface area contributed by atoms with Crippen molar-refractivity contribution in [3.8, 4) is 11.5 Å². The third-order valence-electron chi connectivity index (χ3n) is 4.56. The summed E-state index contributed by atoms with van der Waals surface area (Å²) in [6.45, 7) is 0. The van der Waals surface area contributed by atoms with Gasteiger partial charge in [-0.2, -0.15) is 0 Å². The molecule has 0 saturated heterocycles. The molecule has 0 atom stereocenters. The number of phenolic OH excluding ortho intramolecular Hbond substituents is 2. The molecule has 1 aliphatic rings. The molecule has 116 valence electrons. The number of ketones is 1.